The van der Waals surface area contributed by atoms with E-state index in [4.69, 9.17) is 0 Å². The van der Waals surface area contributed by atoms with E-state index in [9.17, 15) is 9.59 Å². The number of fused-ring (bicyclic) bond motifs is 1. The van der Waals surface area contributed by atoms with Crippen LogP contribution in [0, 0.1) is 6.92 Å². The number of hydrogen-bond donors (Lipinski definition) is 1. The summed E-state index contributed by atoms with van der Waals surface area (Å²) in [5, 5.41) is 5.86. The molecule has 4 rings (SSSR count). The van der Waals surface area contributed by atoms with Crippen molar-refractivity contribution in [2.45, 2.75) is 19.9 Å². The Morgan fingerprint density at radius 3 is 2.64 bits per heavy atom. The lowest BCUT2D eigenvalue weighted by Crippen LogP contribution is -2.46. The molecule has 1 amide bonds. The third-order valence-corrected chi connectivity index (χ3v) is 5.85. The van der Waals surface area contributed by atoms with Crippen molar-refractivity contribution in [2.24, 2.45) is 0 Å². The Labute approximate surface area is 173 Å². The Bertz CT molecular complexity index is 1020. The summed E-state index contributed by atoms with van der Waals surface area (Å²) in [6, 6.07) is 8.14. The summed E-state index contributed by atoms with van der Waals surface area (Å²) < 4.78 is 1.56. The van der Waals surface area contributed by atoms with Crippen LogP contribution in [0.3, 0.4) is 0 Å². The van der Waals surface area contributed by atoms with Gasteiger partial charge in [-0.25, -0.2) is 4.98 Å². The maximum Gasteiger partial charge on any atom is 0.262 e. The van der Waals surface area contributed by atoms with E-state index in [1.807, 2.05) is 41.5 Å². The predicted octanol–water partition coefficient (Wildman–Crippen LogP) is 2.68. The van der Waals surface area contributed by atoms with Crippen LogP contribution in [0.25, 0.3) is 21.3 Å². The van der Waals surface area contributed by atoms with Crippen molar-refractivity contribution < 1.29 is 4.79 Å². The average molecular weight is 419 g/mol. The Hall–Kier alpha value is -2.22. The van der Waals surface area contributed by atoms with Gasteiger partial charge in [0.05, 0.1) is 11.7 Å². The number of nitrogens with zero attached hydrogens (tertiary/aromatic N) is 3. The highest BCUT2D eigenvalue weighted by Gasteiger charge is 2.17. The number of hydrogen-bond acceptors (Lipinski definition) is 5. The van der Waals surface area contributed by atoms with Gasteiger partial charge < -0.3 is 10.2 Å². The summed E-state index contributed by atoms with van der Waals surface area (Å²) in [5.74, 6) is 0.0903. The first-order valence-electron chi connectivity index (χ1n) is 9.15. The molecule has 1 aliphatic heterocycles. The maximum absolute atomic E-state index is 13.0. The Kier molecular flexibility index (Phi) is 6.49. The molecule has 1 fully saturated rings. The lowest BCUT2D eigenvalue weighted by atomic mass is 10.1. The SMILES string of the molecule is Cc1ccc(-c2csc3ncn(CCC(=O)N4CCNCC4)c(=O)c23)cc1.Cl. The first kappa shape index (κ1) is 20.5. The number of thiophene rings is 1. The molecule has 3 aromatic rings. The van der Waals surface area contributed by atoms with Crippen molar-refractivity contribution in [3.8, 4) is 11.1 Å². The Morgan fingerprint density at radius 1 is 1.21 bits per heavy atom. The first-order chi connectivity index (χ1) is 13.1. The number of piperazine rings is 1. The second kappa shape index (κ2) is 8.86. The number of carbonyl (C=O) groups is 1. The first-order valence-corrected chi connectivity index (χ1v) is 10.0. The Morgan fingerprint density at radius 2 is 1.93 bits per heavy atom. The smallest absolute Gasteiger partial charge is 0.262 e. The molecule has 1 N–H and O–H groups in total. The molecule has 8 heteroatoms. The minimum absolute atomic E-state index is 0. The third kappa shape index (κ3) is 4.11. The largest absolute Gasteiger partial charge is 0.340 e. The molecule has 0 aliphatic carbocycles. The highest BCUT2D eigenvalue weighted by molar-refractivity contribution is 7.17. The van der Waals surface area contributed by atoms with Crippen molar-refractivity contribution in [1.82, 2.24) is 19.8 Å². The van der Waals surface area contributed by atoms with Crippen LogP contribution in [0.1, 0.15) is 12.0 Å². The number of rotatable bonds is 4. The van der Waals surface area contributed by atoms with Gasteiger partial charge >= 0.3 is 0 Å². The van der Waals surface area contributed by atoms with Crippen LogP contribution < -0.4 is 10.9 Å². The number of nitrogens with one attached hydrogen (secondary N) is 1. The molecule has 28 heavy (non-hydrogen) atoms. The van der Waals surface area contributed by atoms with Gasteiger partial charge in [-0.05, 0) is 12.5 Å². The van der Waals surface area contributed by atoms with Crippen molar-refractivity contribution in [1.29, 1.82) is 0 Å². The molecule has 6 nitrogen and oxygen atoms in total. The summed E-state index contributed by atoms with van der Waals surface area (Å²) >= 11 is 1.48. The summed E-state index contributed by atoms with van der Waals surface area (Å²) in [6.45, 7) is 5.51. The van der Waals surface area contributed by atoms with Crippen LogP contribution in [0.5, 0.6) is 0 Å². The van der Waals surface area contributed by atoms with Crippen molar-refractivity contribution in [2.75, 3.05) is 26.2 Å². The van der Waals surface area contributed by atoms with Crippen LogP contribution in [0.15, 0.2) is 40.8 Å². The zero-order valence-corrected chi connectivity index (χ0v) is 17.3. The highest BCUT2D eigenvalue weighted by atomic mass is 35.5. The molecule has 0 bridgehead atoms. The fourth-order valence-electron chi connectivity index (χ4n) is 3.36. The summed E-state index contributed by atoms with van der Waals surface area (Å²) in [7, 11) is 0. The monoisotopic (exact) mass is 418 g/mol. The van der Waals surface area contributed by atoms with Crippen molar-refractivity contribution in [3.05, 3.63) is 51.9 Å². The zero-order chi connectivity index (χ0) is 18.8. The topological polar surface area (TPSA) is 67.2 Å². The van der Waals surface area contributed by atoms with Crippen LogP contribution in [0.4, 0.5) is 0 Å². The summed E-state index contributed by atoms with van der Waals surface area (Å²) in [6.07, 6.45) is 1.88. The van der Waals surface area contributed by atoms with E-state index in [0.29, 0.717) is 18.4 Å². The number of halogens is 1. The number of aryl methyl sites for hydroxylation is 2. The number of amides is 1. The lowest BCUT2D eigenvalue weighted by Gasteiger charge is -2.27. The van der Waals surface area contributed by atoms with Crippen molar-refractivity contribution >= 4 is 39.9 Å². The zero-order valence-electron chi connectivity index (χ0n) is 15.7. The van der Waals surface area contributed by atoms with E-state index in [0.717, 1.165) is 42.1 Å². The normalized spacial score (nSPS) is 14.1. The molecule has 1 aromatic carbocycles. The molecule has 148 valence electrons. The molecular weight excluding hydrogens is 396 g/mol. The van der Waals surface area contributed by atoms with E-state index < -0.39 is 0 Å². The van der Waals surface area contributed by atoms with E-state index in [1.165, 1.54) is 16.9 Å². The van der Waals surface area contributed by atoms with E-state index in [2.05, 4.69) is 10.3 Å². The average Bonchev–Trinajstić information content (AvgIpc) is 3.13. The van der Waals surface area contributed by atoms with Crippen LogP contribution >= 0.6 is 23.7 Å². The minimum Gasteiger partial charge on any atom is -0.340 e. The molecular formula is C20H23ClN4O2S. The van der Waals surface area contributed by atoms with Gasteiger partial charge in [-0.1, -0.05) is 29.8 Å². The van der Waals surface area contributed by atoms with E-state index in [1.54, 1.807) is 10.9 Å². The van der Waals surface area contributed by atoms with Crippen LogP contribution in [-0.4, -0.2) is 46.5 Å². The molecule has 0 spiro atoms. The molecule has 3 heterocycles. The van der Waals surface area contributed by atoms with Gasteiger partial charge in [-0.15, -0.1) is 23.7 Å². The fraction of sp³-hybridized carbons (Fsp3) is 0.350. The van der Waals surface area contributed by atoms with Gasteiger partial charge in [-0.2, -0.15) is 0 Å². The predicted molar refractivity (Wildman–Crippen MR) is 115 cm³/mol. The molecule has 0 radical (unpaired) electrons. The molecule has 2 aromatic heterocycles. The van der Waals surface area contributed by atoms with Gasteiger partial charge in [0.2, 0.25) is 5.91 Å². The fourth-order valence-corrected chi connectivity index (χ4v) is 4.27. The minimum atomic E-state index is -0.0788. The molecule has 0 saturated carbocycles. The standard InChI is InChI=1S/C20H22N4O2S.ClH/c1-14-2-4-15(5-3-14)16-12-27-19-18(16)20(26)24(13-22-19)9-6-17(25)23-10-7-21-8-11-23;/h2-5,12-13,21H,6-11H2,1H3;1H. The quantitative estimate of drug-likeness (QED) is 0.707. The van der Waals surface area contributed by atoms with Gasteiger partial charge in [0.1, 0.15) is 4.83 Å². The molecule has 0 atom stereocenters. The van der Waals surface area contributed by atoms with Gasteiger partial charge in [0.25, 0.3) is 5.56 Å². The Balaban J connectivity index is 0.00000225. The van der Waals surface area contributed by atoms with Gasteiger partial charge in [0, 0.05) is 50.1 Å². The van der Waals surface area contributed by atoms with Gasteiger partial charge in [-0.3, -0.25) is 14.2 Å². The lowest BCUT2D eigenvalue weighted by molar-refractivity contribution is -0.132. The second-order valence-corrected chi connectivity index (χ2v) is 7.68. The number of aromatic nitrogens is 2. The molecule has 1 saturated heterocycles. The molecule has 1 aliphatic rings. The highest BCUT2D eigenvalue weighted by Crippen LogP contribution is 2.30. The summed E-state index contributed by atoms with van der Waals surface area (Å²) in [5.41, 5.74) is 3.03. The second-order valence-electron chi connectivity index (χ2n) is 6.82. The van der Waals surface area contributed by atoms with E-state index >= 15 is 0 Å². The number of carbonyl (C=O) groups excluding carboxylic acids is 1. The van der Waals surface area contributed by atoms with Gasteiger partial charge in [0.15, 0.2) is 0 Å². The van der Waals surface area contributed by atoms with Crippen molar-refractivity contribution in [3.63, 3.8) is 0 Å². The summed E-state index contributed by atoms with van der Waals surface area (Å²) in [4.78, 5) is 32.5. The number of benzene rings is 1. The third-order valence-electron chi connectivity index (χ3n) is 4.96. The maximum atomic E-state index is 13.0. The van der Waals surface area contributed by atoms with E-state index in [-0.39, 0.29) is 23.9 Å². The van der Waals surface area contributed by atoms with Crippen LogP contribution in [-0.2, 0) is 11.3 Å². The molecule has 0 unspecified atom stereocenters. The van der Waals surface area contributed by atoms with Crippen LogP contribution in [0.2, 0.25) is 0 Å².